The highest BCUT2D eigenvalue weighted by atomic mass is 19.3. The van der Waals surface area contributed by atoms with E-state index in [0.717, 1.165) is 36.3 Å². The van der Waals surface area contributed by atoms with Crippen LogP contribution in [0.25, 0.3) is 5.65 Å². The molecule has 3 aromatic rings. The molecule has 0 bridgehead atoms. The number of carbonyl (C=O) groups is 1. The summed E-state index contributed by atoms with van der Waals surface area (Å²) in [6.45, 7) is 1.13. The molecule has 0 atom stereocenters. The van der Waals surface area contributed by atoms with E-state index in [1.165, 1.54) is 10.7 Å². The summed E-state index contributed by atoms with van der Waals surface area (Å²) in [6, 6.07) is 7.78. The predicted octanol–water partition coefficient (Wildman–Crippen LogP) is 4.24. The number of nitrogens with one attached hydrogen (secondary N) is 2. The molecule has 34 heavy (non-hydrogen) atoms. The number of ether oxygens (including phenoxy) is 1. The number of aromatic nitrogens is 3. The minimum atomic E-state index is -2.70. The molecule has 8 nitrogen and oxygen atoms in total. The van der Waals surface area contributed by atoms with Gasteiger partial charge in [0.1, 0.15) is 5.75 Å². The number of halogens is 2. The molecular weight excluding hydrogens is 442 g/mol. The van der Waals surface area contributed by atoms with Crippen LogP contribution in [-0.2, 0) is 6.42 Å². The number of aryl methyl sites for hydroxylation is 1. The van der Waals surface area contributed by atoms with Crippen LogP contribution in [0.2, 0.25) is 0 Å². The van der Waals surface area contributed by atoms with E-state index in [-0.39, 0.29) is 24.4 Å². The highest BCUT2D eigenvalue weighted by Crippen LogP contribution is 2.54. The van der Waals surface area contributed by atoms with E-state index in [1.54, 1.807) is 11.9 Å². The standard InChI is InChI=1S/C24H26F2N6O2/c1-27-17-11-19(29-16-7-2-5-15-6-3-10-34-20(15)16)30-32-18(12-28-21(17)32)22(33)31-9-4-8-23(31)13-24(25,26)14-23/h2,5,7,11-12,27H,3-4,6,8-10,13-14H2,1H3,(H,29,30). The maximum absolute atomic E-state index is 13.8. The fraction of sp³-hybridized carbons (Fsp3) is 0.458. The molecule has 1 saturated carbocycles. The van der Waals surface area contributed by atoms with Crippen molar-refractivity contribution in [1.29, 1.82) is 0 Å². The second-order valence-corrected chi connectivity index (χ2v) is 9.44. The van der Waals surface area contributed by atoms with E-state index in [4.69, 9.17) is 4.74 Å². The van der Waals surface area contributed by atoms with Gasteiger partial charge >= 0.3 is 0 Å². The number of para-hydroxylation sites is 1. The molecule has 2 aromatic heterocycles. The van der Waals surface area contributed by atoms with Crippen molar-refractivity contribution in [2.24, 2.45) is 0 Å². The van der Waals surface area contributed by atoms with Crippen molar-refractivity contribution in [3.8, 4) is 5.75 Å². The Morgan fingerprint density at radius 2 is 2.06 bits per heavy atom. The molecule has 1 aliphatic carbocycles. The second kappa shape index (κ2) is 7.54. The Bertz CT molecular complexity index is 1280. The third-order valence-corrected chi connectivity index (χ3v) is 7.17. The zero-order valence-corrected chi connectivity index (χ0v) is 18.9. The third kappa shape index (κ3) is 3.26. The maximum atomic E-state index is 13.8. The van der Waals surface area contributed by atoms with Gasteiger partial charge in [0.15, 0.2) is 17.2 Å². The van der Waals surface area contributed by atoms with Crippen molar-refractivity contribution in [2.45, 2.75) is 50.0 Å². The van der Waals surface area contributed by atoms with Crippen LogP contribution in [0, 0.1) is 0 Å². The maximum Gasteiger partial charge on any atom is 0.274 e. The summed E-state index contributed by atoms with van der Waals surface area (Å²) in [6.07, 6.45) is 4.19. The fourth-order valence-electron chi connectivity index (χ4n) is 5.66. The molecule has 10 heteroatoms. The van der Waals surface area contributed by atoms with Gasteiger partial charge in [0, 0.05) is 32.5 Å². The number of rotatable bonds is 4. The summed E-state index contributed by atoms with van der Waals surface area (Å²) in [5.74, 6) is -1.69. The van der Waals surface area contributed by atoms with Crippen molar-refractivity contribution in [2.75, 3.05) is 30.8 Å². The van der Waals surface area contributed by atoms with Gasteiger partial charge in [-0.05, 0) is 37.3 Å². The average molecular weight is 469 g/mol. The molecular formula is C24H26F2N6O2. The van der Waals surface area contributed by atoms with Crippen molar-refractivity contribution in [3.63, 3.8) is 0 Å². The van der Waals surface area contributed by atoms with Crippen molar-refractivity contribution < 1.29 is 18.3 Å². The van der Waals surface area contributed by atoms with Gasteiger partial charge in [0.05, 0.1) is 29.7 Å². The number of likely N-dealkylation sites (tertiary alicyclic amines) is 1. The number of hydrogen-bond acceptors (Lipinski definition) is 6. The Kier molecular flexibility index (Phi) is 4.69. The second-order valence-electron chi connectivity index (χ2n) is 9.44. The summed E-state index contributed by atoms with van der Waals surface area (Å²) in [5, 5.41) is 11.1. The number of benzene rings is 1. The number of hydrogen-bond donors (Lipinski definition) is 2. The first-order valence-corrected chi connectivity index (χ1v) is 11.7. The molecule has 178 valence electrons. The Morgan fingerprint density at radius 1 is 1.21 bits per heavy atom. The van der Waals surface area contributed by atoms with E-state index in [1.807, 2.05) is 18.2 Å². The molecule has 1 saturated heterocycles. The largest absolute Gasteiger partial charge is 0.491 e. The average Bonchev–Trinajstić information content (AvgIpc) is 3.42. The van der Waals surface area contributed by atoms with Crippen LogP contribution in [0.1, 0.15) is 48.2 Å². The highest BCUT2D eigenvalue weighted by Gasteiger charge is 2.62. The van der Waals surface area contributed by atoms with Crippen LogP contribution in [0.4, 0.5) is 26.0 Å². The minimum absolute atomic E-state index is 0.262. The lowest BCUT2D eigenvalue weighted by Gasteiger charge is -2.50. The number of carbonyl (C=O) groups excluding carboxylic acids is 1. The molecule has 2 fully saturated rings. The van der Waals surface area contributed by atoms with Gasteiger partial charge in [-0.25, -0.2) is 18.3 Å². The highest BCUT2D eigenvalue weighted by molar-refractivity contribution is 5.95. The molecule has 3 aliphatic rings. The quantitative estimate of drug-likeness (QED) is 0.596. The predicted molar refractivity (Wildman–Crippen MR) is 123 cm³/mol. The summed E-state index contributed by atoms with van der Waals surface area (Å²) in [7, 11) is 1.77. The number of nitrogens with zero attached hydrogens (tertiary/aromatic N) is 4. The van der Waals surface area contributed by atoms with Crippen LogP contribution in [0.15, 0.2) is 30.5 Å². The molecule has 4 heterocycles. The van der Waals surface area contributed by atoms with Crippen LogP contribution < -0.4 is 15.4 Å². The lowest BCUT2D eigenvalue weighted by Crippen LogP contribution is -2.60. The van der Waals surface area contributed by atoms with Crippen LogP contribution in [0.5, 0.6) is 5.75 Å². The smallest absolute Gasteiger partial charge is 0.274 e. The van der Waals surface area contributed by atoms with Crippen LogP contribution in [0.3, 0.4) is 0 Å². The van der Waals surface area contributed by atoms with Gasteiger partial charge in [-0.2, -0.15) is 0 Å². The zero-order valence-electron chi connectivity index (χ0n) is 18.9. The van der Waals surface area contributed by atoms with E-state index >= 15 is 0 Å². The van der Waals surface area contributed by atoms with Gasteiger partial charge in [-0.3, -0.25) is 4.79 Å². The van der Waals surface area contributed by atoms with E-state index in [0.29, 0.717) is 36.7 Å². The molecule has 2 aliphatic heterocycles. The molecule has 1 amide bonds. The fourth-order valence-corrected chi connectivity index (χ4v) is 5.66. The lowest BCUT2D eigenvalue weighted by atomic mass is 9.71. The van der Waals surface area contributed by atoms with E-state index in [2.05, 4.69) is 26.8 Å². The number of amides is 1. The SMILES string of the molecule is CNc1cc(Nc2cccc3c2OCCC3)nn2c(C(=O)N3CCCC34CC(F)(F)C4)cnc12. The normalized spacial score (nSPS) is 20.0. The number of alkyl halides is 2. The number of imidazole rings is 1. The van der Waals surface area contributed by atoms with Gasteiger partial charge in [-0.1, -0.05) is 12.1 Å². The first kappa shape index (κ1) is 21.1. The number of anilines is 3. The minimum Gasteiger partial charge on any atom is -0.491 e. The molecule has 6 rings (SSSR count). The molecule has 2 N–H and O–H groups in total. The van der Waals surface area contributed by atoms with Gasteiger partial charge in [-0.15, -0.1) is 5.10 Å². The van der Waals surface area contributed by atoms with Crippen LogP contribution in [-0.4, -0.2) is 57.1 Å². The molecule has 0 radical (unpaired) electrons. The topological polar surface area (TPSA) is 83.8 Å². The molecule has 1 aromatic carbocycles. The van der Waals surface area contributed by atoms with E-state index in [9.17, 15) is 13.6 Å². The van der Waals surface area contributed by atoms with Crippen molar-refractivity contribution in [3.05, 3.63) is 41.7 Å². The van der Waals surface area contributed by atoms with Gasteiger partial charge < -0.3 is 20.3 Å². The van der Waals surface area contributed by atoms with Crippen molar-refractivity contribution in [1.82, 2.24) is 19.5 Å². The Labute approximate surface area is 195 Å². The third-order valence-electron chi connectivity index (χ3n) is 7.17. The van der Waals surface area contributed by atoms with Crippen LogP contribution >= 0.6 is 0 Å². The summed E-state index contributed by atoms with van der Waals surface area (Å²) >= 11 is 0. The first-order valence-electron chi connectivity index (χ1n) is 11.7. The summed E-state index contributed by atoms with van der Waals surface area (Å²) in [5.41, 5.74) is 2.63. The number of fused-ring (bicyclic) bond motifs is 2. The Hall–Kier alpha value is -3.43. The molecule has 1 spiro atoms. The summed E-state index contributed by atoms with van der Waals surface area (Å²) in [4.78, 5) is 19.5. The Balaban J connectivity index is 1.36. The van der Waals surface area contributed by atoms with Gasteiger partial charge in [0.25, 0.3) is 11.8 Å². The Morgan fingerprint density at radius 3 is 2.85 bits per heavy atom. The van der Waals surface area contributed by atoms with Gasteiger partial charge in [0.2, 0.25) is 0 Å². The van der Waals surface area contributed by atoms with E-state index < -0.39 is 11.5 Å². The van der Waals surface area contributed by atoms with Crippen molar-refractivity contribution >= 4 is 28.7 Å². The monoisotopic (exact) mass is 468 g/mol. The zero-order chi connectivity index (χ0) is 23.5. The summed E-state index contributed by atoms with van der Waals surface area (Å²) < 4.78 is 34.9. The molecule has 0 unspecified atom stereocenters. The first-order chi connectivity index (χ1) is 16.4. The lowest BCUT2D eigenvalue weighted by molar-refractivity contribution is -0.155.